The van der Waals surface area contributed by atoms with E-state index in [0.717, 1.165) is 33.8 Å². The van der Waals surface area contributed by atoms with Crippen molar-refractivity contribution < 1.29 is 9.47 Å². The number of rotatable bonds is 7. The Morgan fingerprint density at radius 2 is 1.88 bits per heavy atom. The molecule has 0 fully saturated rings. The number of ether oxygens (including phenoxy) is 2. The van der Waals surface area contributed by atoms with Gasteiger partial charge in [-0.2, -0.15) is 4.98 Å². The summed E-state index contributed by atoms with van der Waals surface area (Å²) in [6.45, 7) is 7.93. The van der Waals surface area contributed by atoms with E-state index in [9.17, 15) is 0 Å². The Balaban J connectivity index is 1.63. The number of pyridine rings is 1. The van der Waals surface area contributed by atoms with Crippen LogP contribution in [0.25, 0.3) is 11.1 Å². The number of halogens is 1. The second kappa shape index (κ2) is 9.50. The van der Waals surface area contributed by atoms with E-state index >= 15 is 0 Å². The Morgan fingerprint density at radius 1 is 1.06 bits per heavy atom. The molecule has 170 valence electrons. The molecule has 7 nitrogen and oxygen atoms in total. The molecular formula is C25H26ClN5O2. The van der Waals surface area contributed by atoms with Gasteiger partial charge in [-0.05, 0) is 69.2 Å². The van der Waals surface area contributed by atoms with E-state index in [0.29, 0.717) is 22.7 Å². The summed E-state index contributed by atoms with van der Waals surface area (Å²) in [6.07, 6.45) is 1.79. The van der Waals surface area contributed by atoms with Crippen molar-refractivity contribution in [2.24, 2.45) is 0 Å². The molecule has 8 heteroatoms. The molecule has 2 aromatic carbocycles. The highest BCUT2D eigenvalue weighted by Gasteiger charge is 2.18. The molecule has 2 aromatic heterocycles. The van der Waals surface area contributed by atoms with Crippen molar-refractivity contribution in [2.45, 2.75) is 33.7 Å². The van der Waals surface area contributed by atoms with E-state index in [1.165, 1.54) is 0 Å². The zero-order valence-electron chi connectivity index (χ0n) is 19.3. The lowest BCUT2D eigenvalue weighted by atomic mass is 10.0. The Bertz CT molecular complexity index is 1270. The second-order valence-corrected chi connectivity index (χ2v) is 8.38. The SMILES string of the molecule is COc1cc(Nc2nc(Oc3c(C)cccc3Cl)n(C(C)C)n2)ccc1-c1ccnc(C)c1. The number of nitrogens with one attached hydrogen (secondary N) is 1. The van der Waals surface area contributed by atoms with Gasteiger partial charge in [-0.1, -0.05) is 23.7 Å². The van der Waals surface area contributed by atoms with Gasteiger partial charge in [0.2, 0.25) is 5.95 Å². The van der Waals surface area contributed by atoms with Crippen LogP contribution in [0.5, 0.6) is 17.5 Å². The third kappa shape index (κ3) is 4.93. The number of methoxy groups -OCH3 is 1. The minimum absolute atomic E-state index is 0.0395. The van der Waals surface area contributed by atoms with E-state index in [1.807, 2.05) is 70.2 Å². The number of anilines is 2. The van der Waals surface area contributed by atoms with E-state index in [-0.39, 0.29) is 6.04 Å². The van der Waals surface area contributed by atoms with Gasteiger partial charge in [0.25, 0.3) is 0 Å². The maximum Gasteiger partial charge on any atom is 0.322 e. The molecule has 1 N–H and O–H groups in total. The first-order chi connectivity index (χ1) is 15.9. The molecule has 33 heavy (non-hydrogen) atoms. The zero-order chi connectivity index (χ0) is 23.5. The topological polar surface area (TPSA) is 74.1 Å². The Kier molecular flexibility index (Phi) is 6.51. The summed E-state index contributed by atoms with van der Waals surface area (Å²) in [6, 6.07) is 15.9. The molecule has 4 aromatic rings. The molecule has 0 amide bonds. The molecule has 0 aliphatic heterocycles. The van der Waals surface area contributed by atoms with Gasteiger partial charge in [0.05, 0.1) is 18.2 Å². The Hall–Kier alpha value is -3.58. The Morgan fingerprint density at radius 3 is 2.58 bits per heavy atom. The molecule has 0 bridgehead atoms. The van der Waals surface area contributed by atoms with Crippen LogP contribution in [0.1, 0.15) is 31.1 Å². The average Bonchev–Trinajstić information content (AvgIpc) is 3.19. The van der Waals surface area contributed by atoms with Crippen molar-refractivity contribution in [2.75, 3.05) is 12.4 Å². The second-order valence-electron chi connectivity index (χ2n) is 7.97. The van der Waals surface area contributed by atoms with Crippen molar-refractivity contribution in [3.63, 3.8) is 0 Å². The van der Waals surface area contributed by atoms with Gasteiger partial charge in [-0.3, -0.25) is 4.98 Å². The Labute approximate surface area is 198 Å². The summed E-state index contributed by atoms with van der Waals surface area (Å²) in [5, 5.41) is 8.36. The third-order valence-corrected chi connectivity index (χ3v) is 5.41. The molecule has 0 saturated heterocycles. The van der Waals surface area contributed by atoms with E-state index in [4.69, 9.17) is 21.1 Å². The molecule has 0 aliphatic carbocycles. The van der Waals surface area contributed by atoms with Crippen LogP contribution < -0.4 is 14.8 Å². The van der Waals surface area contributed by atoms with Gasteiger partial charge in [0, 0.05) is 29.2 Å². The predicted molar refractivity (Wildman–Crippen MR) is 131 cm³/mol. The first kappa shape index (κ1) is 22.6. The van der Waals surface area contributed by atoms with Crippen LogP contribution in [0, 0.1) is 13.8 Å². The molecule has 0 saturated carbocycles. The van der Waals surface area contributed by atoms with E-state index in [2.05, 4.69) is 20.4 Å². The van der Waals surface area contributed by atoms with Crippen molar-refractivity contribution in [3.8, 4) is 28.6 Å². The zero-order valence-corrected chi connectivity index (χ0v) is 20.0. The molecule has 0 spiro atoms. The maximum absolute atomic E-state index is 6.34. The first-order valence-electron chi connectivity index (χ1n) is 10.6. The summed E-state index contributed by atoms with van der Waals surface area (Å²) in [4.78, 5) is 8.83. The van der Waals surface area contributed by atoms with Gasteiger partial charge in [0.1, 0.15) is 5.75 Å². The number of hydrogen-bond acceptors (Lipinski definition) is 6. The number of nitrogens with zero attached hydrogens (tertiary/aromatic N) is 4. The van der Waals surface area contributed by atoms with Crippen LogP contribution in [0.15, 0.2) is 54.7 Å². The lowest BCUT2D eigenvalue weighted by molar-refractivity contribution is 0.375. The van der Waals surface area contributed by atoms with Gasteiger partial charge >= 0.3 is 6.01 Å². The van der Waals surface area contributed by atoms with Crippen molar-refractivity contribution in [1.82, 2.24) is 19.7 Å². The van der Waals surface area contributed by atoms with Crippen LogP contribution in [-0.4, -0.2) is 26.9 Å². The van der Waals surface area contributed by atoms with Gasteiger partial charge in [-0.25, -0.2) is 4.68 Å². The molecule has 0 aliphatic rings. The molecule has 4 rings (SSSR count). The fourth-order valence-corrected chi connectivity index (χ4v) is 3.72. The minimum Gasteiger partial charge on any atom is -0.496 e. The lowest BCUT2D eigenvalue weighted by Crippen LogP contribution is -2.06. The molecule has 0 atom stereocenters. The van der Waals surface area contributed by atoms with Crippen molar-refractivity contribution >= 4 is 23.2 Å². The minimum atomic E-state index is 0.0395. The van der Waals surface area contributed by atoms with Gasteiger partial charge in [0.15, 0.2) is 5.75 Å². The van der Waals surface area contributed by atoms with Crippen LogP contribution >= 0.6 is 11.6 Å². The number of benzene rings is 2. The number of hydrogen-bond donors (Lipinski definition) is 1. The number of para-hydroxylation sites is 1. The predicted octanol–water partition coefficient (Wildman–Crippen LogP) is 6.74. The van der Waals surface area contributed by atoms with Crippen LogP contribution in [0.3, 0.4) is 0 Å². The fraction of sp³-hybridized carbons (Fsp3) is 0.240. The van der Waals surface area contributed by atoms with Crippen molar-refractivity contribution in [3.05, 3.63) is 71.0 Å². The fourth-order valence-electron chi connectivity index (χ4n) is 3.45. The lowest BCUT2D eigenvalue weighted by Gasteiger charge is -2.12. The normalized spacial score (nSPS) is 11.0. The summed E-state index contributed by atoms with van der Waals surface area (Å²) in [5.41, 5.74) is 4.68. The monoisotopic (exact) mass is 463 g/mol. The highest BCUT2D eigenvalue weighted by atomic mass is 35.5. The summed E-state index contributed by atoms with van der Waals surface area (Å²) in [5.74, 6) is 1.72. The standard InChI is InChI=1S/C25H26ClN5O2/c1-15(2)31-25(33-23-16(3)7-6-8-21(23)26)29-24(30-31)28-19-9-10-20(22(14-19)32-5)18-11-12-27-17(4)13-18/h6-15H,1-5H3,(H,28,30). The summed E-state index contributed by atoms with van der Waals surface area (Å²) >= 11 is 6.34. The maximum atomic E-state index is 6.34. The highest BCUT2D eigenvalue weighted by Crippen LogP contribution is 2.35. The van der Waals surface area contributed by atoms with Crippen molar-refractivity contribution in [1.29, 1.82) is 0 Å². The largest absolute Gasteiger partial charge is 0.496 e. The van der Waals surface area contributed by atoms with Gasteiger partial charge < -0.3 is 14.8 Å². The summed E-state index contributed by atoms with van der Waals surface area (Å²) < 4.78 is 13.4. The molecule has 0 radical (unpaired) electrons. The van der Waals surface area contributed by atoms with Crippen LogP contribution in [-0.2, 0) is 0 Å². The van der Waals surface area contributed by atoms with E-state index in [1.54, 1.807) is 24.1 Å². The third-order valence-electron chi connectivity index (χ3n) is 5.11. The molecule has 0 unspecified atom stereocenters. The first-order valence-corrected chi connectivity index (χ1v) is 11.0. The smallest absolute Gasteiger partial charge is 0.322 e. The molecular weight excluding hydrogens is 438 g/mol. The highest BCUT2D eigenvalue weighted by molar-refractivity contribution is 6.32. The van der Waals surface area contributed by atoms with Crippen LogP contribution in [0.2, 0.25) is 5.02 Å². The number of aryl methyl sites for hydroxylation is 2. The van der Waals surface area contributed by atoms with Crippen LogP contribution in [0.4, 0.5) is 11.6 Å². The van der Waals surface area contributed by atoms with Gasteiger partial charge in [-0.15, -0.1) is 5.10 Å². The quantitative estimate of drug-likeness (QED) is 0.327. The molecule has 2 heterocycles. The summed E-state index contributed by atoms with van der Waals surface area (Å²) in [7, 11) is 1.65. The number of aromatic nitrogens is 4. The average molecular weight is 464 g/mol. The van der Waals surface area contributed by atoms with E-state index < -0.39 is 0 Å².